The first-order valence-electron chi connectivity index (χ1n) is 8.24. The van der Waals surface area contributed by atoms with Crippen molar-refractivity contribution < 1.29 is 9.90 Å². The molecular formula is C18H24O2. The van der Waals surface area contributed by atoms with Crippen molar-refractivity contribution in [3.05, 3.63) is 22.8 Å². The first-order chi connectivity index (χ1) is 9.59. The molecular weight excluding hydrogens is 248 g/mol. The fourth-order valence-electron chi connectivity index (χ4n) is 5.60. The Kier molecular flexibility index (Phi) is 2.76. The molecule has 0 spiro atoms. The molecule has 20 heavy (non-hydrogen) atoms. The Bertz CT molecular complexity index is 528. The summed E-state index contributed by atoms with van der Waals surface area (Å²) in [5, 5.41) is 11.3. The Hall–Kier alpha value is -0.890. The Morgan fingerprint density at radius 3 is 2.85 bits per heavy atom. The quantitative estimate of drug-likeness (QED) is 0.685. The van der Waals surface area contributed by atoms with Crippen LogP contribution in [0.3, 0.4) is 0 Å². The van der Waals surface area contributed by atoms with Crippen LogP contribution in [0.25, 0.3) is 0 Å². The molecule has 2 fully saturated rings. The number of allylic oxidation sites excluding steroid dienone is 3. The number of rotatable bonds is 0. The maximum atomic E-state index is 11.7. The van der Waals surface area contributed by atoms with Crippen LogP contribution in [0.4, 0.5) is 0 Å². The topological polar surface area (TPSA) is 37.3 Å². The predicted octanol–water partition coefficient (Wildman–Crippen LogP) is 3.55. The second-order valence-electron chi connectivity index (χ2n) is 7.36. The molecule has 2 heteroatoms. The van der Waals surface area contributed by atoms with E-state index < -0.39 is 5.60 Å². The summed E-state index contributed by atoms with van der Waals surface area (Å²) in [4.78, 5) is 11.7. The van der Waals surface area contributed by atoms with E-state index in [9.17, 15) is 9.90 Å². The molecule has 0 bridgehead atoms. The van der Waals surface area contributed by atoms with Crippen molar-refractivity contribution in [3.8, 4) is 0 Å². The van der Waals surface area contributed by atoms with Gasteiger partial charge in [-0.15, -0.1) is 0 Å². The van der Waals surface area contributed by atoms with Crippen LogP contribution in [0, 0.1) is 17.8 Å². The van der Waals surface area contributed by atoms with Gasteiger partial charge in [-0.05, 0) is 81.3 Å². The summed E-state index contributed by atoms with van der Waals surface area (Å²) in [5.41, 5.74) is 3.74. The van der Waals surface area contributed by atoms with Gasteiger partial charge in [0.1, 0.15) is 0 Å². The molecule has 1 N–H and O–H groups in total. The minimum absolute atomic E-state index is 0.219. The zero-order chi connectivity index (χ0) is 13.9. The lowest BCUT2D eigenvalue weighted by Gasteiger charge is -2.52. The first-order valence-corrected chi connectivity index (χ1v) is 8.24. The van der Waals surface area contributed by atoms with Gasteiger partial charge in [0.25, 0.3) is 0 Å². The lowest BCUT2D eigenvalue weighted by Crippen LogP contribution is -2.52. The summed E-state index contributed by atoms with van der Waals surface area (Å²) in [6.45, 7) is 2.30. The van der Waals surface area contributed by atoms with E-state index in [4.69, 9.17) is 0 Å². The van der Waals surface area contributed by atoms with Crippen LogP contribution >= 0.6 is 0 Å². The third-order valence-electron chi connectivity index (χ3n) is 6.59. The predicted molar refractivity (Wildman–Crippen MR) is 78.1 cm³/mol. The summed E-state index contributed by atoms with van der Waals surface area (Å²) in [6.07, 6.45) is 9.96. The Labute approximate surface area is 120 Å². The van der Waals surface area contributed by atoms with Crippen molar-refractivity contribution >= 4 is 5.78 Å². The van der Waals surface area contributed by atoms with E-state index in [2.05, 4.69) is 6.92 Å². The average Bonchev–Trinajstić information content (AvgIpc) is 2.82. The summed E-state index contributed by atoms with van der Waals surface area (Å²) >= 11 is 0. The smallest absolute Gasteiger partial charge is 0.155 e. The molecule has 0 aromatic heterocycles. The number of carbonyl (C=O) groups excluding carboxylic acids is 1. The maximum Gasteiger partial charge on any atom is 0.155 e. The fourth-order valence-corrected chi connectivity index (χ4v) is 5.60. The highest BCUT2D eigenvalue weighted by molar-refractivity contribution is 5.92. The van der Waals surface area contributed by atoms with Gasteiger partial charge in [-0.1, -0.05) is 11.1 Å². The van der Waals surface area contributed by atoms with Crippen molar-refractivity contribution in [1.29, 1.82) is 0 Å². The number of hydrogen-bond donors (Lipinski definition) is 1. The van der Waals surface area contributed by atoms with Crippen molar-refractivity contribution in [2.75, 3.05) is 0 Å². The molecule has 0 saturated heterocycles. The van der Waals surface area contributed by atoms with Gasteiger partial charge in [-0.2, -0.15) is 0 Å². The largest absolute Gasteiger partial charge is 0.385 e. The maximum absolute atomic E-state index is 11.7. The third-order valence-corrected chi connectivity index (χ3v) is 6.59. The molecule has 3 unspecified atom stereocenters. The van der Waals surface area contributed by atoms with Gasteiger partial charge in [0.05, 0.1) is 5.60 Å². The van der Waals surface area contributed by atoms with Crippen LogP contribution in [-0.4, -0.2) is 16.5 Å². The molecule has 4 aliphatic rings. The summed E-state index contributed by atoms with van der Waals surface area (Å²) in [7, 11) is 0. The Balaban J connectivity index is 1.70. The number of hydrogen-bond acceptors (Lipinski definition) is 2. The number of carbonyl (C=O) groups is 1. The zero-order valence-electron chi connectivity index (χ0n) is 12.3. The average molecular weight is 272 g/mol. The molecule has 4 atom stereocenters. The van der Waals surface area contributed by atoms with Gasteiger partial charge < -0.3 is 5.11 Å². The molecule has 0 radical (unpaired) electrons. The SMILES string of the molecule is CC1=C2CCC3C(CCC4=CC(=O)CC[C@@]43O)C2CC1. The van der Waals surface area contributed by atoms with Crippen LogP contribution < -0.4 is 0 Å². The molecule has 0 amide bonds. The monoisotopic (exact) mass is 272 g/mol. The highest BCUT2D eigenvalue weighted by Gasteiger charge is 2.53. The van der Waals surface area contributed by atoms with E-state index in [1.165, 1.54) is 25.7 Å². The molecule has 2 nitrogen and oxygen atoms in total. The van der Waals surface area contributed by atoms with Crippen molar-refractivity contribution in [2.45, 2.75) is 63.9 Å². The van der Waals surface area contributed by atoms with Gasteiger partial charge >= 0.3 is 0 Å². The van der Waals surface area contributed by atoms with E-state index in [1.54, 1.807) is 17.2 Å². The molecule has 0 aromatic carbocycles. The summed E-state index contributed by atoms with van der Waals surface area (Å²) < 4.78 is 0. The Morgan fingerprint density at radius 2 is 2.00 bits per heavy atom. The van der Waals surface area contributed by atoms with Gasteiger partial charge in [0.15, 0.2) is 5.78 Å². The second kappa shape index (κ2) is 4.30. The van der Waals surface area contributed by atoms with Crippen LogP contribution in [-0.2, 0) is 4.79 Å². The molecule has 2 saturated carbocycles. The molecule has 108 valence electrons. The molecule has 4 aliphatic carbocycles. The normalized spacial score (nSPS) is 43.8. The molecule has 4 rings (SSSR count). The van der Waals surface area contributed by atoms with Gasteiger partial charge in [-0.3, -0.25) is 4.79 Å². The van der Waals surface area contributed by atoms with Crippen molar-refractivity contribution in [1.82, 2.24) is 0 Å². The lowest BCUT2D eigenvalue weighted by molar-refractivity contribution is -0.120. The minimum Gasteiger partial charge on any atom is -0.385 e. The number of fused-ring (bicyclic) bond motifs is 5. The highest BCUT2D eigenvalue weighted by Crippen LogP contribution is 2.57. The van der Waals surface area contributed by atoms with Crippen molar-refractivity contribution in [2.24, 2.45) is 17.8 Å². The minimum atomic E-state index is -0.654. The summed E-state index contributed by atoms with van der Waals surface area (Å²) in [6, 6.07) is 0. The van der Waals surface area contributed by atoms with E-state index in [0.29, 0.717) is 24.7 Å². The van der Waals surface area contributed by atoms with Gasteiger partial charge in [0, 0.05) is 6.42 Å². The Morgan fingerprint density at radius 1 is 1.15 bits per heavy atom. The fraction of sp³-hybridized carbons (Fsp3) is 0.722. The van der Waals surface area contributed by atoms with E-state index in [-0.39, 0.29) is 5.78 Å². The first kappa shape index (κ1) is 12.8. The summed E-state index contributed by atoms with van der Waals surface area (Å²) in [5.74, 6) is 2.01. The van der Waals surface area contributed by atoms with E-state index >= 15 is 0 Å². The van der Waals surface area contributed by atoms with Gasteiger partial charge in [0.2, 0.25) is 0 Å². The van der Waals surface area contributed by atoms with Crippen LogP contribution in [0.15, 0.2) is 22.8 Å². The molecule has 0 aromatic rings. The zero-order valence-corrected chi connectivity index (χ0v) is 12.3. The second-order valence-corrected chi connectivity index (χ2v) is 7.36. The van der Waals surface area contributed by atoms with Gasteiger partial charge in [-0.25, -0.2) is 0 Å². The van der Waals surface area contributed by atoms with E-state index in [0.717, 1.165) is 24.3 Å². The van der Waals surface area contributed by atoms with E-state index in [1.807, 2.05) is 0 Å². The van der Waals surface area contributed by atoms with Crippen LogP contribution in [0.2, 0.25) is 0 Å². The standard InChI is InChI=1S/C18H24O2/c1-11-2-4-15-14(11)6-7-17-16(15)5-3-12-10-13(19)8-9-18(12,17)20/h10,15-17,20H,2-9H2,1H3/t15?,16?,17?,18-/m1/s1. The molecule has 0 aliphatic heterocycles. The number of aliphatic hydroxyl groups is 1. The van der Waals surface area contributed by atoms with Crippen molar-refractivity contribution in [3.63, 3.8) is 0 Å². The lowest BCUT2D eigenvalue weighted by atomic mass is 9.55. The molecule has 0 heterocycles. The van der Waals surface area contributed by atoms with Crippen LogP contribution in [0.5, 0.6) is 0 Å². The number of ketones is 1. The van der Waals surface area contributed by atoms with Crippen LogP contribution in [0.1, 0.15) is 58.3 Å². The third kappa shape index (κ3) is 1.64. The highest BCUT2D eigenvalue weighted by atomic mass is 16.3.